The Morgan fingerprint density at radius 2 is 0.722 bits per heavy atom. The topological polar surface area (TPSA) is 108 Å². The standard InChI is InChI=1S/C69H128NO8P/c1-6-8-10-12-14-16-18-20-22-24-26-27-28-29-30-31-32-33-34-35-36-37-38-39-40-41-42-43-44-46-48-50-52-54-56-58-60-62-69(72)78-67(66-77-79(73,74)76-64-63-70(3,4)5)65-75-68(71)61-59-57-55-53-51-49-47-45-25-23-21-19-17-15-13-11-9-7-2/h8,10,14,16,20,22-23,25-27,67H,6-7,9,11-13,15,17-19,21,24,28-66H2,1-5H3/p+1/b10-8-,16-14-,22-20-,25-23-,27-26-. The summed E-state index contributed by atoms with van der Waals surface area (Å²) in [6.45, 7) is 4.36. The monoisotopic (exact) mass is 1130 g/mol. The molecule has 0 amide bonds. The number of phosphoric acid groups is 1. The predicted molar refractivity (Wildman–Crippen MR) is 340 cm³/mol. The number of phosphoric ester groups is 1. The van der Waals surface area contributed by atoms with Crippen LogP contribution in [0.3, 0.4) is 0 Å². The van der Waals surface area contributed by atoms with Gasteiger partial charge in [-0.05, 0) is 77.0 Å². The summed E-state index contributed by atoms with van der Waals surface area (Å²) in [5, 5.41) is 0. The lowest BCUT2D eigenvalue weighted by atomic mass is 10.0. The Morgan fingerprint density at radius 3 is 1.09 bits per heavy atom. The first kappa shape index (κ1) is 76.7. The molecule has 0 aliphatic rings. The SMILES string of the molecule is CC/C=C\C/C=C\C/C=C\C/C=C\CCCCCCCCCCCCCCCCCCCCCCCCCCC(=O)OC(COC(=O)CCCCCCCCC/C=C\CCCCCCCCC)COP(=O)(O)OCC[N+](C)(C)C. The maximum absolute atomic E-state index is 12.9. The van der Waals surface area contributed by atoms with E-state index in [9.17, 15) is 19.0 Å². The quantitative estimate of drug-likeness (QED) is 0.0211. The van der Waals surface area contributed by atoms with E-state index < -0.39 is 26.5 Å². The van der Waals surface area contributed by atoms with Crippen LogP contribution in [-0.4, -0.2) is 74.9 Å². The van der Waals surface area contributed by atoms with Crippen molar-refractivity contribution < 1.29 is 42.1 Å². The number of hydrogen-bond acceptors (Lipinski definition) is 7. The van der Waals surface area contributed by atoms with Crippen LogP contribution in [0.15, 0.2) is 60.8 Å². The predicted octanol–water partition coefficient (Wildman–Crippen LogP) is 21.4. The van der Waals surface area contributed by atoms with Crippen molar-refractivity contribution in [3.63, 3.8) is 0 Å². The number of carbonyl (C=O) groups is 2. The number of likely N-dealkylation sites (N-methyl/N-ethyl adjacent to an activating group) is 1. The lowest BCUT2D eigenvalue weighted by Gasteiger charge is -2.24. The fraction of sp³-hybridized carbons (Fsp3) is 0.826. The van der Waals surface area contributed by atoms with Gasteiger partial charge >= 0.3 is 19.8 Å². The number of unbranched alkanes of at least 4 members (excludes halogenated alkanes) is 38. The number of allylic oxidation sites excluding steroid dienone is 10. The first-order valence-electron chi connectivity index (χ1n) is 33.5. The van der Waals surface area contributed by atoms with E-state index in [0.717, 1.165) is 57.8 Å². The van der Waals surface area contributed by atoms with Crippen LogP contribution in [0.25, 0.3) is 0 Å². The molecule has 0 spiro atoms. The second-order valence-corrected chi connectivity index (χ2v) is 25.3. The van der Waals surface area contributed by atoms with E-state index in [0.29, 0.717) is 17.4 Å². The van der Waals surface area contributed by atoms with Gasteiger partial charge < -0.3 is 18.9 Å². The summed E-state index contributed by atoms with van der Waals surface area (Å²) in [5.41, 5.74) is 0. The highest BCUT2D eigenvalue weighted by Crippen LogP contribution is 2.43. The average Bonchev–Trinajstić information content (AvgIpc) is 3.41. The van der Waals surface area contributed by atoms with Crippen LogP contribution < -0.4 is 0 Å². The van der Waals surface area contributed by atoms with Crippen molar-refractivity contribution in [3.8, 4) is 0 Å². The second-order valence-electron chi connectivity index (χ2n) is 23.8. The van der Waals surface area contributed by atoms with E-state index in [1.54, 1.807) is 0 Å². The first-order valence-corrected chi connectivity index (χ1v) is 35.0. The van der Waals surface area contributed by atoms with Crippen LogP contribution in [-0.2, 0) is 32.7 Å². The van der Waals surface area contributed by atoms with Crippen LogP contribution in [0.2, 0.25) is 0 Å². The molecule has 0 saturated heterocycles. The molecule has 0 aromatic rings. The lowest BCUT2D eigenvalue weighted by molar-refractivity contribution is -0.870. The molecule has 462 valence electrons. The van der Waals surface area contributed by atoms with E-state index in [1.165, 1.54) is 225 Å². The highest BCUT2D eigenvalue weighted by Gasteiger charge is 2.27. The number of esters is 2. The summed E-state index contributed by atoms with van der Waals surface area (Å²) < 4.78 is 34.7. The Morgan fingerprint density at radius 1 is 0.405 bits per heavy atom. The molecule has 0 aromatic heterocycles. The minimum Gasteiger partial charge on any atom is -0.462 e. The Hall–Kier alpha value is -2.29. The molecular weight excluding hydrogens is 1000 g/mol. The lowest BCUT2D eigenvalue weighted by Crippen LogP contribution is -2.37. The van der Waals surface area contributed by atoms with Gasteiger partial charge in [-0.2, -0.15) is 0 Å². The molecule has 0 rings (SSSR count). The molecule has 79 heavy (non-hydrogen) atoms. The molecule has 0 aliphatic heterocycles. The van der Waals surface area contributed by atoms with Gasteiger partial charge in [0, 0.05) is 12.8 Å². The van der Waals surface area contributed by atoms with E-state index in [1.807, 2.05) is 21.1 Å². The molecule has 0 aromatic carbocycles. The molecule has 2 atom stereocenters. The van der Waals surface area contributed by atoms with Gasteiger partial charge in [-0.3, -0.25) is 18.6 Å². The molecule has 0 heterocycles. The number of ether oxygens (including phenoxy) is 2. The smallest absolute Gasteiger partial charge is 0.462 e. The molecule has 0 radical (unpaired) electrons. The first-order chi connectivity index (χ1) is 38.5. The minimum absolute atomic E-state index is 0.0324. The third-order valence-electron chi connectivity index (χ3n) is 14.8. The van der Waals surface area contributed by atoms with Gasteiger partial charge in [0.2, 0.25) is 0 Å². The zero-order valence-electron chi connectivity index (χ0n) is 52.6. The molecule has 10 heteroatoms. The number of quaternary nitrogens is 1. The van der Waals surface area contributed by atoms with E-state index >= 15 is 0 Å². The van der Waals surface area contributed by atoms with Crippen molar-refractivity contribution in [2.75, 3.05) is 47.5 Å². The Labute approximate surface area is 489 Å². The molecule has 9 nitrogen and oxygen atoms in total. The van der Waals surface area contributed by atoms with Crippen molar-refractivity contribution in [2.45, 2.75) is 322 Å². The third-order valence-corrected chi connectivity index (χ3v) is 15.8. The van der Waals surface area contributed by atoms with E-state index in [4.69, 9.17) is 18.5 Å². The van der Waals surface area contributed by atoms with Crippen LogP contribution in [0.5, 0.6) is 0 Å². The zero-order chi connectivity index (χ0) is 57.7. The van der Waals surface area contributed by atoms with Gasteiger partial charge in [0.1, 0.15) is 19.8 Å². The average molecular weight is 1130 g/mol. The molecule has 0 saturated carbocycles. The molecule has 0 aliphatic carbocycles. The van der Waals surface area contributed by atoms with Gasteiger partial charge in [-0.15, -0.1) is 0 Å². The van der Waals surface area contributed by atoms with Gasteiger partial charge in [0.05, 0.1) is 27.7 Å². The van der Waals surface area contributed by atoms with Crippen LogP contribution in [0, 0.1) is 0 Å². The summed E-state index contributed by atoms with van der Waals surface area (Å²) >= 11 is 0. The molecule has 1 N–H and O–H groups in total. The summed E-state index contributed by atoms with van der Waals surface area (Å²) in [4.78, 5) is 35.8. The van der Waals surface area contributed by atoms with Crippen molar-refractivity contribution in [1.82, 2.24) is 0 Å². The van der Waals surface area contributed by atoms with Gasteiger partial charge in [0.15, 0.2) is 6.10 Å². The molecule has 0 bridgehead atoms. The van der Waals surface area contributed by atoms with Crippen molar-refractivity contribution >= 4 is 19.8 Å². The molecular formula is C69H129NO8P+. The van der Waals surface area contributed by atoms with Crippen LogP contribution in [0.1, 0.15) is 316 Å². The summed E-state index contributed by atoms with van der Waals surface area (Å²) in [7, 11) is 1.49. The van der Waals surface area contributed by atoms with Crippen LogP contribution in [0.4, 0.5) is 0 Å². The maximum atomic E-state index is 12.9. The molecule has 0 fully saturated rings. The number of rotatable bonds is 62. The number of hydrogen-bond donors (Lipinski definition) is 1. The van der Waals surface area contributed by atoms with E-state index in [-0.39, 0.29) is 32.0 Å². The summed E-state index contributed by atoms with van der Waals surface area (Å²) in [6, 6.07) is 0. The summed E-state index contributed by atoms with van der Waals surface area (Å²) in [5.74, 6) is -0.787. The molecule has 2 unspecified atom stereocenters. The van der Waals surface area contributed by atoms with Crippen molar-refractivity contribution in [3.05, 3.63) is 60.8 Å². The zero-order valence-corrected chi connectivity index (χ0v) is 53.5. The Balaban J connectivity index is 3.95. The fourth-order valence-corrected chi connectivity index (χ4v) is 10.4. The largest absolute Gasteiger partial charge is 0.472 e. The van der Waals surface area contributed by atoms with E-state index in [2.05, 4.69) is 74.6 Å². The fourth-order valence-electron chi connectivity index (χ4n) is 9.65. The highest BCUT2D eigenvalue weighted by atomic mass is 31.2. The number of carbonyl (C=O) groups excluding carboxylic acids is 2. The Kier molecular flexibility index (Phi) is 58.6. The number of nitrogens with zero attached hydrogens (tertiary/aromatic N) is 1. The maximum Gasteiger partial charge on any atom is 0.472 e. The Bertz CT molecular complexity index is 1520. The second kappa shape index (κ2) is 60.3. The van der Waals surface area contributed by atoms with Crippen LogP contribution >= 0.6 is 7.82 Å². The van der Waals surface area contributed by atoms with Gasteiger partial charge in [0.25, 0.3) is 0 Å². The third kappa shape index (κ3) is 64.7. The summed E-state index contributed by atoms with van der Waals surface area (Å²) in [6.07, 6.45) is 79.0. The normalized spacial score (nSPS) is 13.5. The van der Waals surface area contributed by atoms with Crippen molar-refractivity contribution in [1.29, 1.82) is 0 Å². The minimum atomic E-state index is -4.39. The highest BCUT2D eigenvalue weighted by molar-refractivity contribution is 7.47. The van der Waals surface area contributed by atoms with Gasteiger partial charge in [-0.25, -0.2) is 4.57 Å². The van der Waals surface area contributed by atoms with Crippen molar-refractivity contribution in [2.24, 2.45) is 0 Å². The van der Waals surface area contributed by atoms with Gasteiger partial charge in [-0.1, -0.05) is 286 Å².